The van der Waals surface area contributed by atoms with Gasteiger partial charge in [-0.2, -0.15) is 0 Å². The summed E-state index contributed by atoms with van der Waals surface area (Å²) >= 11 is 0. The number of hydrogen-bond acceptors (Lipinski definition) is 4. The lowest BCUT2D eigenvalue weighted by Gasteiger charge is -2.10. The summed E-state index contributed by atoms with van der Waals surface area (Å²) in [6.45, 7) is 0.341. The lowest BCUT2D eigenvalue weighted by molar-refractivity contribution is -0.131. The van der Waals surface area contributed by atoms with Crippen molar-refractivity contribution in [3.05, 3.63) is 29.8 Å². The molecule has 1 aromatic carbocycles. The normalized spacial score (nSPS) is 18.8. The zero-order valence-electron chi connectivity index (χ0n) is 8.71. The minimum Gasteiger partial charge on any atom is -0.497 e. The van der Waals surface area contributed by atoms with Crippen LogP contribution in [0.25, 0.3) is 0 Å². The van der Waals surface area contributed by atoms with E-state index in [0.717, 1.165) is 11.3 Å². The number of aliphatic carboxylic acids is 1. The van der Waals surface area contributed by atoms with E-state index >= 15 is 0 Å². The quantitative estimate of drug-likeness (QED) is 0.834. The average Bonchev–Trinajstić information content (AvgIpc) is 2.78. The number of ether oxygens (including phenoxy) is 2. The van der Waals surface area contributed by atoms with Crippen molar-refractivity contribution in [2.24, 2.45) is 4.99 Å². The molecule has 5 nitrogen and oxygen atoms in total. The summed E-state index contributed by atoms with van der Waals surface area (Å²) in [5, 5.41) is 8.68. The van der Waals surface area contributed by atoms with Gasteiger partial charge in [0.1, 0.15) is 11.9 Å². The largest absolute Gasteiger partial charge is 0.497 e. The van der Waals surface area contributed by atoms with E-state index in [0.29, 0.717) is 6.54 Å². The molecular formula is C11H11NO4. The van der Waals surface area contributed by atoms with Crippen molar-refractivity contribution in [2.75, 3.05) is 13.7 Å². The van der Waals surface area contributed by atoms with Crippen molar-refractivity contribution in [2.45, 2.75) is 6.10 Å². The first kappa shape index (κ1) is 10.5. The number of carboxylic acids is 1. The predicted octanol–water partition coefficient (Wildman–Crippen LogP) is 1.25. The van der Waals surface area contributed by atoms with Crippen LogP contribution in [-0.2, 0) is 9.53 Å². The van der Waals surface area contributed by atoms with Gasteiger partial charge in [-0.15, -0.1) is 0 Å². The van der Waals surface area contributed by atoms with Gasteiger partial charge in [-0.3, -0.25) is 0 Å². The molecule has 0 aliphatic carbocycles. The maximum absolute atomic E-state index is 10.6. The van der Waals surface area contributed by atoms with Gasteiger partial charge < -0.3 is 14.6 Å². The van der Waals surface area contributed by atoms with E-state index in [2.05, 4.69) is 4.99 Å². The molecule has 1 atom stereocenters. The molecular weight excluding hydrogens is 210 g/mol. The Morgan fingerprint density at radius 1 is 1.50 bits per heavy atom. The zero-order chi connectivity index (χ0) is 11.5. The molecule has 1 N–H and O–H groups in total. The van der Waals surface area contributed by atoms with Crippen molar-refractivity contribution in [3.63, 3.8) is 0 Å². The number of carbonyl (C=O) groups is 1. The minimum atomic E-state index is -1.13. The third-order valence-corrected chi connectivity index (χ3v) is 2.33. The summed E-state index contributed by atoms with van der Waals surface area (Å²) in [7, 11) is 1.59. The Kier molecular flexibility index (Phi) is 2.76. The van der Waals surface area contributed by atoms with E-state index in [1.165, 1.54) is 0 Å². The summed E-state index contributed by atoms with van der Waals surface area (Å²) in [5.74, 6) is -0.599. The number of benzene rings is 1. The lowest BCUT2D eigenvalue weighted by atomic mass is 10.1. The molecule has 0 radical (unpaired) electrons. The molecule has 2 rings (SSSR count). The molecule has 0 fully saturated rings. The Balaban J connectivity index is 2.07. The van der Waals surface area contributed by atoms with E-state index in [-0.39, 0.29) is 12.0 Å². The molecule has 0 amide bonds. The van der Waals surface area contributed by atoms with E-state index in [1.807, 2.05) is 12.1 Å². The fourth-order valence-corrected chi connectivity index (χ4v) is 1.49. The number of nitrogens with zero attached hydrogens (tertiary/aromatic N) is 1. The molecule has 1 heterocycles. The predicted molar refractivity (Wildman–Crippen MR) is 56.8 cm³/mol. The highest BCUT2D eigenvalue weighted by molar-refractivity contribution is 6.32. The number of rotatable bonds is 3. The van der Waals surface area contributed by atoms with Crippen LogP contribution in [0.1, 0.15) is 11.7 Å². The molecule has 5 heteroatoms. The molecule has 1 aliphatic rings. The van der Waals surface area contributed by atoms with Crippen LogP contribution >= 0.6 is 0 Å². The molecule has 16 heavy (non-hydrogen) atoms. The van der Waals surface area contributed by atoms with Crippen molar-refractivity contribution in [1.29, 1.82) is 0 Å². The zero-order valence-corrected chi connectivity index (χ0v) is 8.71. The Morgan fingerprint density at radius 2 is 2.19 bits per heavy atom. The maximum Gasteiger partial charge on any atom is 0.391 e. The van der Waals surface area contributed by atoms with Crippen molar-refractivity contribution in [3.8, 4) is 5.75 Å². The first-order chi connectivity index (χ1) is 7.70. The third-order valence-electron chi connectivity index (χ3n) is 2.33. The van der Waals surface area contributed by atoms with Gasteiger partial charge in [0.2, 0.25) is 0 Å². The van der Waals surface area contributed by atoms with Crippen LogP contribution in [0.15, 0.2) is 29.3 Å². The fourth-order valence-electron chi connectivity index (χ4n) is 1.49. The number of methoxy groups -OCH3 is 1. The van der Waals surface area contributed by atoms with Crippen LogP contribution in [0.5, 0.6) is 5.75 Å². The maximum atomic E-state index is 10.6. The van der Waals surface area contributed by atoms with Crippen LogP contribution < -0.4 is 4.74 Å². The summed E-state index contributed by atoms with van der Waals surface area (Å²) in [4.78, 5) is 14.4. The number of hydrogen-bond donors (Lipinski definition) is 1. The highest BCUT2D eigenvalue weighted by Crippen LogP contribution is 2.24. The molecule has 0 spiro atoms. The van der Waals surface area contributed by atoms with Crippen LogP contribution in [0.4, 0.5) is 0 Å². The Morgan fingerprint density at radius 3 is 2.69 bits per heavy atom. The fraction of sp³-hybridized carbons (Fsp3) is 0.273. The Hall–Kier alpha value is -2.04. The Bertz CT molecular complexity index is 424. The van der Waals surface area contributed by atoms with Crippen molar-refractivity contribution in [1.82, 2.24) is 0 Å². The number of carboxylic acid groups (broad SMARTS) is 1. The molecule has 1 aromatic rings. The smallest absolute Gasteiger partial charge is 0.391 e. The highest BCUT2D eigenvalue weighted by atomic mass is 16.5. The molecule has 0 aromatic heterocycles. The van der Waals surface area contributed by atoms with Crippen LogP contribution in [-0.4, -0.2) is 30.6 Å². The molecule has 0 saturated carbocycles. The topological polar surface area (TPSA) is 68.1 Å². The minimum absolute atomic E-state index is 0.221. The molecule has 1 unspecified atom stereocenters. The van der Waals surface area contributed by atoms with E-state index in [1.54, 1.807) is 19.2 Å². The standard InChI is InChI=1S/C11H11NO4/c1-15-8-4-2-7(3-5-8)9-6-12-10(16-9)11(13)14/h2-5,9H,6H2,1H3,(H,13,14). The molecule has 0 bridgehead atoms. The summed E-state index contributed by atoms with van der Waals surface area (Å²) in [5.41, 5.74) is 0.890. The summed E-state index contributed by atoms with van der Waals surface area (Å²) in [6, 6.07) is 7.28. The van der Waals surface area contributed by atoms with Gasteiger partial charge in [0.25, 0.3) is 5.90 Å². The van der Waals surface area contributed by atoms with Gasteiger partial charge in [-0.1, -0.05) is 12.1 Å². The summed E-state index contributed by atoms with van der Waals surface area (Å²) in [6.07, 6.45) is -0.308. The average molecular weight is 221 g/mol. The van der Waals surface area contributed by atoms with Crippen molar-refractivity contribution < 1.29 is 19.4 Å². The molecule has 1 aliphatic heterocycles. The van der Waals surface area contributed by atoms with Crippen LogP contribution in [0.3, 0.4) is 0 Å². The van der Waals surface area contributed by atoms with Gasteiger partial charge in [-0.05, 0) is 17.7 Å². The second kappa shape index (κ2) is 4.22. The van der Waals surface area contributed by atoms with E-state index < -0.39 is 5.97 Å². The third kappa shape index (κ3) is 1.98. The van der Waals surface area contributed by atoms with E-state index in [4.69, 9.17) is 14.6 Å². The number of aliphatic imine (C=N–C) groups is 1. The van der Waals surface area contributed by atoms with Crippen LogP contribution in [0, 0.1) is 0 Å². The van der Waals surface area contributed by atoms with E-state index in [9.17, 15) is 4.79 Å². The second-order valence-corrected chi connectivity index (χ2v) is 3.33. The van der Waals surface area contributed by atoms with Crippen molar-refractivity contribution >= 4 is 11.9 Å². The SMILES string of the molecule is COc1ccc(C2CN=C(C(=O)O)O2)cc1. The van der Waals surface area contributed by atoms with Gasteiger partial charge in [0.05, 0.1) is 13.7 Å². The second-order valence-electron chi connectivity index (χ2n) is 3.33. The van der Waals surface area contributed by atoms with Gasteiger partial charge >= 0.3 is 5.97 Å². The van der Waals surface area contributed by atoms with Crippen LogP contribution in [0.2, 0.25) is 0 Å². The van der Waals surface area contributed by atoms with Gasteiger partial charge in [-0.25, -0.2) is 9.79 Å². The lowest BCUT2D eigenvalue weighted by Crippen LogP contribution is -2.14. The first-order valence-electron chi connectivity index (χ1n) is 4.79. The Labute approximate surface area is 92.3 Å². The molecule has 84 valence electrons. The highest BCUT2D eigenvalue weighted by Gasteiger charge is 2.25. The first-order valence-corrected chi connectivity index (χ1v) is 4.79. The van der Waals surface area contributed by atoms with Gasteiger partial charge in [0, 0.05) is 0 Å². The van der Waals surface area contributed by atoms with Gasteiger partial charge in [0.15, 0.2) is 0 Å². The monoisotopic (exact) mass is 221 g/mol. The molecule has 0 saturated heterocycles. The summed E-state index contributed by atoms with van der Waals surface area (Å²) < 4.78 is 10.2.